The fraction of sp³-hybridized carbons (Fsp3) is 0.421. The van der Waals surface area contributed by atoms with Gasteiger partial charge in [-0.3, -0.25) is 14.9 Å². The first kappa shape index (κ1) is 20.3. The molecule has 3 rings (SSSR count). The number of esters is 1. The maximum absolute atomic E-state index is 12.3. The summed E-state index contributed by atoms with van der Waals surface area (Å²) in [4.78, 5) is 37.2. The Kier molecular flexibility index (Phi) is 6.10. The summed E-state index contributed by atoms with van der Waals surface area (Å²) in [6.45, 7) is 4.82. The monoisotopic (exact) mass is 401 g/mol. The minimum absolute atomic E-state index is 0.0275. The second-order valence-corrected chi connectivity index (χ2v) is 7.03. The van der Waals surface area contributed by atoms with E-state index in [1.165, 1.54) is 12.1 Å². The van der Waals surface area contributed by atoms with Gasteiger partial charge in [-0.05, 0) is 38.8 Å². The summed E-state index contributed by atoms with van der Waals surface area (Å²) >= 11 is 0. The number of anilines is 2. The summed E-state index contributed by atoms with van der Waals surface area (Å²) in [5.41, 5.74) is 0.370. The van der Waals surface area contributed by atoms with Gasteiger partial charge in [-0.15, -0.1) is 0 Å². The van der Waals surface area contributed by atoms with Crippen LogP contribution in [0, 0.1) is 10.1 Å². The van der Waals surface area contributed by atoms with E-state index in [-0.39, 0.29) is 17.3 Å². The molecular formula is C19H23N5O5. The lowest BCUT2D eigenvalue weighted by atomic mass is 10.1. The molecule has 2 aromatic rings. The molecular weight excluding hydrogens is 378 g/mol. The van der Waals surface area contributed by atoms with Crippen LogP contribution in [-0.4, -0.2) is 46.3 Å². The number of carbonyl (C=O) groups is 2. The van der Waals surface area contributed by atoms with Crippen molar-refractivity contribution in [2.75, 3.05) is 29.9 Å². The highest BCUT2D eigenvalue weighted by atomic mass is 16.6. The van der Waals surface area contributed by atoms with Gasteiger partial charge in [0.15, 0.2) is 6.61 Å². The molecule has 1 N–H and O–H groups in total. The average molecular weight is 401 g/mol. The van der Waals surface area contributed by atoms with Crippen molar-refractivity contribution >= 4 is 29.1 Å². The van der Waals surface area contributed by atoms with Gasteiger partial charge in [0.2, 0.25) is 0 Å². The molecule has 29 heavy (non-hydrogen) atoms. The van der Waals surface area contributed by atoms with Gasteiger partial charge >= 0.3 is 5.97 Å². The molecule has 10 nitrogen and oxygen atoms in total. The summed E-state index contributed by atoms with van der Waals surface area (Å²) < 4.78 is 6.65. The summed E-state index contributed by atoms with van der Waals surface area (Å²) in [5.74, 6) is -0.829. The highest BCUT2D eigenvalue weighted by Gasteiger charge is 2.24. The van der Waals surface area contributed by atoms with Crippen LogP contribution < -0.4 is 10.2 Å². The first-order valence-corrected chi connectivity index (χ1v) is 9.40. The number of aromatic nitrogens is 2. The predicted molar refractivity (Wildman–Crippen MR) is 106 cm³/mol. The fourth-order valence-corrected chi connectivity index (χ4v) is 3.24. The number of hydrogen-bond donors (Lipinski definition) is 1. The molecule has 0 unspecified atom stereocenters. The Labute approximate surface area is 167 Å². The predicted octanol–water partition coefficient (Wildman–Crippen LogP) is 2.77. The van der Waals surface area contributed by atoms with Gasteiger partial charge in [0, 0.05) is 31.3 Å². The molecule has 1 aliphatic rings. The highest BCUT2D eigenvalue weighted by molar-refractivity contribution is 5.95. The van der Waals surface area contributed by atoms with Crippen molar-refractivity contribution in [2.45, 2.75) is 32.7 Å². The number of nitrogens with one attached hydrogen (secondary N) is 1. The van der Waals surface area contributed by atoms with Crippen molar-refractivity contribution in [3.05, 3.63) is 46.1 Å². The van der Waals surface area contributed by atoms with Crippen LogP contribution in [0.2, 0.25) is 0 Å². The number of hydrogen-bond acceptors (Lipinski definition) is 7. The van der Waals surface area contributed by atoms with Crippen molar-refractivity contribution in [2.24, 2.45) is 0 Å². The number of amides is 1. The zero-order valence-corrected chi connectivity index (χ0v) is 16.3. The van der Waals surface area contributed by atoms with Gasteiger partial charge in [0.1, 0.15) is 11.5 Å². The SMILES string of the molecule is CC(C)n1nccc1NC(=O)COC(=O)c1ccc(N2CCCC2)c([N+](=O)[O-])c1. The Morgan fingerprint density at radius 2 is 2.00 bits per heavy atom. The summed E-state index contributed by atoms with van der Waals surface area (Å²) in [6, 6.07) is 5.93. The number of rotatable bonds is 7. The Morgan fingerprint density at radius 1 is 1.28 bits per heavy atom. The van der Waals surface area contributed by atoms with Crippen molar-refractivity contribution in [3.8, 4) is 0 Å². The van der Waals surface area contributed by atoms with E-state index >= 15 is 0 Å². The van der Waals surface area contributed by atoms with E-state index in [2.05, 4.69) is 10.4 Å². The molecule has 1 amide bonds. The van der Waals surface area contributed by atoms with Crippen LogP contribution in [0.1, 0.15) is 43.1 Å². The van der Waals surface area contributed by atoms with E-state index in [0.29, 0.717) is 11.5 Å². The number of carbonyl (C=O) groups excluding carboxylic acids is 2. The van der Waals surface area contributed by atoms with Crippen molar-refractivity contribution < 1.29 is 19.2 Å². The molecule has 1 aromatic heterocycles. The summed E-state index contributed by atoms with van der Waals surface area (Å²) in [5, 5.41) is 18.2. The molecule has 1 aliphatic heterocycles. The average Bonchev–Trinajstić information content (AvgIpc) is 3.37. The van der Waals surface area contributed by atoms with Gasteiger partial charge in [-0.2, -0.15) is 5.10 Å². The second-order valence-electron chi connectivity index (χ2n) is 7.03. The van der Waals surface area contributed by atoms with Gasteiger partial charge in [0.05, 0.1) is 16.7 Å². The molecule has 2 heterocycles. The van der Waals surface area contributed by atoms with Crippen molar-refractivity contribution in [1.29, 1.82) is 0 Å². The Hall–Kier alpha value is -3.43. The molecule has 1 saturated heterocycles. The molecule has 0 bridgehead atoms. The quantitative estimate of drug-likeness (QED) is 0.430. The smallest absolute Gasteiger partial charge is 0.338 e. The molecule has 0 aliphatic carbocycles. The molecule has 1 fully saturated rings. The molecule has 0 spiro atoms. The number of nitrogens with zero attached hydrogens (tertiary/aromatic N) is 4. The number of nitro groups is 1. The van der Waals surface area contributed by atoms with Gasteiger partial charge in [-0.25, -0.2) is 9.48 Å². The van der Waals surface area contributed by atoms with Crippen LogP contribution in [0.25, 0.3) is 0 Å². The molecule has 0 radical (unpaired) electrons. The first-order chi connectivity index (χ1) is 13.9. The van der Waals surface area contributed by atoms with Gasteiger partial charge in [0.25, 0.3) is 11.6 Å². The van der Waals surface area contributed by atoms with Crippen LogP contribution in [0.3, 0.4) is 0 Å². The van der Waals surface area contributed by atoms with E-state index in [9.17, 15) is 19.7 Å². The lowest BCUT2D eigenvalue weighted by Gasteiger charge is -2.17. The van der Waals surface area contributed by atoms with E-state index in [1.54, 1.807) is 23.0 Å². The van der Waals surface area contributed by atoms with E-state index < -0.39 is 23.4 Å². The third-order valence-electron chi connectivity index (χ3n) is 4.62. The number of nitro benzene ring substituents is 1. The minimum Gasteiger partial charge on any atom is -0.452 e. The lowest BCUT2D eigenvalue weighted by Crippen LogP contribution is -2.23. The van der Waals surface area contributed by atoms with Crippen LogP contribution in [-0.2, 0) is 9.53 Å². The maximum atomic E-state index is 12.3. The van der Waals surface area contributed by atoms with E-state index in [4.69, 9.17) is 4.74 Å². The van der Waals surface area contributed by atoms with Gasteiger partial charge < -0.3 is 15.0 Å². The van der Waals surface area contributed by atoms with Crippen LogP contribution >= 0.6 is 0 Å². The van der Waals surface area contributed by atoms with E-state index in [0.717, 1.165) is 25.9 Å². The fourth-order valence-electron chi connectivity index (χ4n) is 3.24. The third-order valence-corrected chi connectivity index (χ3v) is 4.62. The molecule has 10 heteroatoms. The largest absolute Gasteiger partial charge is 0.452 e. The van der Waals surface area contributed by atoms with E-state index in [1.807, 2.05) is 18.7 Å². The standard InChI is InChI=1S/C19H23N5O5/c1-13(2)23-17(7-8-20-23)21-18(25)12-29-19(26)14-5-6-15(16(11-14)24(27)28)22-9-3-4-10-22/h5-8,11,13H,3-4,9-10,12H2,1-2H3,(H,21,25). The Bertz CT molecular complexity index is 917. The van der Waals surface area contributed by atoms with Crippen molar-refractivity contribution in [3.63, 3.8) is 0 Å². The maximum Gasteiger partial charge on any atom is 0.338 e. The summed E-state index contributed by atoms with van der Waals surface area (Å²) in [6.07, 6.45) is 3.51. The molecule has 0 atom stereocenters. The van der Waals surface area contributed by atoms with Crippen LogP contribution in [0.5, 0.6) is 0 Å². The topological polar surface area (TPSA) is 120 Å². The lowest BCUT2D eigenvalue weighted by molar-refractivity contribution is -0.384. The number of benzene rings is 1. The van der Waals surface area contributed by atoms with Crippen molar-refractivity contribution in [1.82, 2.24) is 9.78 Å². The van der Waals surface area contributed by atoms with Crippen LogP contribution in [0.4, 0.5) is 17.2 Å². The molecule has 1 aromatic carbocycles. The molecule has 0 saturated carbocycles. The normalized spacial score (nSPS) is 13.6. The molecule has 154 valence electrons. The highest BCUT2D eigenvalue weighted by Crippen LogP contribution is 2.31. The third kappa shape index (κ3) is 4.71. The van der Waals surface area contributed by atoms with Gasteiger partial charge in [-0.1, -0.05) is 0 Å². The first-order valence-electron chi connectivity index (χ1n) is 9.40. The summed E-state index contributed by atoms with van der Waals surface area (Å²) in [7, 11) is 0. The zero-order chi connectivity index (χ0) is 21.0. The van der Waals surface area contributed by atoms with Crippen LogP contribution in [0.15, 0.2) is 30.5 Å². The minimum atomic E-state index is -0.798. The zero-order valence-electron chi connectivity index (χ0n) is 16.3. The Balaban J connectivity index is 1.64. The Morgan fingerprint density at radius 3 is 2.66 bits per heavy atom. The number of ether oxygens (including phenoxy) is 1. The second kappa shape index (κ2) is 8.72.